The zero-order valence-electron chi connectivity index (χ0n) is 49.7. The molecule has 0 rings (SSSR count). The summed E-state index contributed by atoms with van der Waals surface area (Å²) in [5, 5.41) is 0. The first-order valence-corrected chi connectivity index (χ1v) is 34.4. The van der Waals surface area contributed by atoms with Crippen molar-refractivity contribution in [1.29, 1.82) is 0 Å². The number of hydrogen-bond donors (Lipinski definition) is 0. The van der Waals surface area contributed by atoms with Crippen molar-refractivity contribution >= 4 is 117 Å². The van der Waals surface area contributed by atoms with Gasteiger partial charge in [0.1, 0.15) is 0 Å². The van der Waals surface area contributed by atoms with Crippen molar-refractivity contribution in [2.24, 2.45) is 0 Å². The predicted octanol–water partition coefficient (Wildman–Crippen LogP) is 21.9. The molecule has 0 aliphatic heterocycles. The molecule has 0 aromatic carbocycles. The Bertz CT molecular complexity index is 970. The first-order valence-electron chi connectivity index (χ1n) is 31.1. The van der Waals surface area contributed by atoms with Crippen LogP contribution in [0.15, 0.2) is 0 Å². The molecule has 0 saturated carbocycles. The third-order valence-electron chi connectivity index (χ3n) is 12.8. The molecule has 458 valence electrons. The van der Waals surface area contributed by atoms with Gasteiger partial charge in [-0.15, -0.1) is 0 Å². The fourth-order valence-electron chi connectivity index (χ4n) is 8.37. The molecule has 77 heavy (non-hydrogen) atoms. The summed E-state index contributed by atoms with van der Waals surface area (Å²) in [6.45, 7) is 11.4. The molecule has 0 spiro atoms. The van der Waals surface area contributed by atoms with E-state index in [0.29, 0.717) is 26.4 Å². The maximum atomic E-state index is 4.84. The van der Waals surface area contributed by atoms with E-state index in [-0.39, 0.29) is 38.6 Å². The zero-order valence-corrected chi connectivity index (χ0v) is 58.2. The second-order valence-electron chi connectivity index (χ2n) is 20.2. The first kappa shape index (κ1) is 86.8. The van der Waals surface area contributed by atoms with Gasteiger partial charge in [-0.1, -0.05) is 310 Å². The standard InChI is InChI=1S/4C15H30O2S2.Mo/c4*1-2-3-4-5-6-7-8-9-10-11-12-13-14-16-17-15(18)19;/h4*2-14H2,1H3,(H,18,19);/q;;;;+4/p-4. The Kier molecular flexibility index (Phi) is 94.0. The van der Waals surface area contributed by atoms with Gasteiger partial charge in [0.05, 0.1) is 44.0 Å². The van der Waals surface area contributed by atoms with E-state index >= 15 is 0 Å². The maximum Gasteiger partial charge on any atom is 4.00 e. The van der Waals surface area contributed by atoms with Crippen molar-refractivity contribution in [3.63, 3.8) is 0 Å². The van der Waals surface area contributed by atoms with Crippen LogP contribution in [-0.2, 0) is 111 Å². The van der Waals surface area contributed by atoms with E-state index in [1.54, 1.807) is 0 Å². The number of unbranched alkanes of at least 4 members (excludes halogenated alkanes) is 44. The van der Waals surface area contributed by atoms with Crippen LogP contribution >= 0.6 is 48.9 Å². The number of rotatable bonds is 56. The van der Waals surface area contributed by atoms with Gasteiger partial charge in [0.2, 0.25) is 0 Å². The minimum atomic E-state index is 0. The Morgan fingerprint density at radius 2 is 0.312 bits per heavy atom. The third-order valence-corrected chi connectivity index (χ3v) is 13.4. The van der Waals surface area contributed by atoms with Crippen molar-refractivity contribution < 1.29 is 60.2 Å². The zero-order chi connectivity index (χ0) is 56.7. The van der Waals surface area contributed by atoms with Crippen LogP contribution < -0.4 is 0 Å². The smallest absolute Gasteiger partial charge is 0.387 e. The summed E-state index contributed by atoms with van der Waals surface area (Å²) in [6.07, 6.45) is 64.2. The summed E-state index contributed by atoms with van der Waals surface area (Å²) >= 11 is 36.5. The van der Waals surface area contributed by atoms with Gasteiger partial charge in [-0.05, 0) is 25.7 Å². The Morgan fingerprint density at radius 1 is 0.208 bits per heavy atom. The third kappa shape index (κ3) is 102. The Labute approximate surface area is 534 Å². The molecule has 0 aromatic rings. The summed E-state index contributed by atoms with van der Waals surface area (Å²) in [6, 6.07) is 0. The average Bonchev–Trinajstić information content (AvgIpc) is 3.39. The van der Waals surface area contributed by atoms with Gasteiger partial charge in [-0.25, -0.2) is 0 Å². The SMILES string of the molecule is CCCCCCCCCCCCCCOOC(=S)[S-].CCCCCCCCCCCCCCOOC(=S)[S-].CCCCCCCCCCCCCCOOC(=S)[S-].CCCCCCCCCCCCCCOOC(=S)[S-].[Mo+4]. The summed E-state index contributed by atoms with van der Waals surface area (Å²) < 4.78 is 0.163. The predicted molar refractivity (Wildman–Crippen MR) is 352 cm³/mol. The molecule has 0 amide bonds. The fraction of sp³-hybridized carbons (Fsp3) is 0.933. The largest absolute Gasteiger partial charge is 4.00 e. The second kappa shape index (κ2) is 83.4. The molecular formula is C60H116MoO8S8. The monoisotopic (exact) mass is 1320 g/mol. The van der Waals surface area contributed by atoms with E-state index in [1.807, 2.05) is 0 Å². The number of thiocarbonyl (C=S) groups is 4. The first-order chi connectivity index (χ1) is 37.1. The maximum absolute atomic E-state index is 4.84. The molecule has 0 saturated heterocycles. The molecule has 0 radical (unpaired) electrons. The van der Waals surface area contributed by atoms with Gasteiger partial charge in [0.15, 0.2) is 0 Å². The van der Waals surface area contributed by atoms with E-state index in [1.165, 1.54) is 283 Å². The van der Waals surface area contributed by atoms with Crippen LogP contribution in [0, 0.1) is 0 Å². The van der Waals surface area contributed by atoms with Gasteiger partial charge in [0.25, 0.3) is 0 Å². The minimum Gasteiger partial charge on any atom is -0.387 e. The topological polar surface area (TPSA) is 73.8 Å². The van der Waals surface area contributed by atoms with Gasteiger partial charge in [-0.3, -0.25) is 0 Å². The molecule has 0 aliphatic rings. The molecule has 8 nitrogen and oxygen atoms in total. The van der Waals surface area contributed by atoms with Crippen LogP contribution in [0.25, 0.3) is 0 Å². The molecule has 0 N–H and O–H groups in total. The van der Waals surface area contributed by atoms with Crippen molar-refractivity contribution in [3.05, 3.63) is 0 Å². The van der Waals surface area contributed by atoms with Crippen molar-refractivity contribution in [1.82, 2.24) is 0 Å². The fourth-order valence-corrected chi connectivity index (χ4v) is 8.75. The van der Waals surface area contributed by atoms with Crippen LogP contribution in [0.3, 0.4) is 0 Å². The van der Waals surface area contributed by atoms with Crippen molar-refractivity contribution in [2.45, 2.75) is 336 Å². The van der Waals surface area contributed by atoms with Crippen molar-refractivity contribution in [2.75, 3.05) is 26.4 Å². The van der Waals surface area contributed by atoms with E-state index in [4.69, 9.17) is 19.6 Å². The normalized spacial score (nSPS) is 10.4. The van der Waals surface area contributed by atoms with Gasteiger partial charge >= 0.3 is 21.1 Å². The van der Waals surface area contributed by atoms with Crippen LogP contribution in [0.2, 0.25) is 0 Å². The quantitative estimate of drug-likeness (QED) is 0.0145. The molecule has 0 aliphatic carbocycles. The number of hydrogen-bond acceptors (Lipinski definition) is 16. The van der Waals surface area contributed by atoms with E-state index < -0.39 is 0 Å². The van der Waals surface area contributed by atoms with Gasteiger partial charge in [0, 0.05) is 0 Å². The minimum absolute atomic E-state index is 0. The molecule has 0 heterocycles. The van der Waals surface area contributed by atoms with Crippen LogP contribution in [0.1, 0.15) is 336 Å². The molecular weight excluding hydrogens is 1200 g/mol. The van der Waals surface area contributed by atoms with Crippen LogP contribution in [0.5, 0.6) is 0 Å². The molecule has 0 bridgehead atoms. The Morgan fingerprint density at radius 3 is 0.416 bits per heavy atom. The van der Waals surface area contributed by atoms with Gasteiger partial charge in [-0.2, -0.15) is 19.6 Å². The Hall–Kier alpha value is 0.968. The molecule has 0 atom stereocenters. The molecule has 0 unspecified atom stereocenters. The average molecular weight is 1320 g/mol. The van der Waals surface area contributed by atoms with E-state index in [2.05, 4.69) is 147 Å². The molecule has 0 aromatic heterocycles. The summed E-state index contributed by atoms with van der Waals surface area (Å²) in [5.74, 6) is 0. The van der Waals surface area contributed by atoms with Crippen LogP contribution in [0.4, 0.5) is 0 Å². The van der Waals surface area contributed by atoms with Crippen molar-refractivity contribution in [3.8, 4) is 0 Å². The summed E-state index contributed by atoms with van der Waals surface area (Å²) in [5.41, 5.74) is 0. The second-order valence-corrected chi connectivity index (χ2v) is 24.2. The van der Waals surface area contributed by atoms with E-state index in [9.17, 15) is 0 Å². The molecule has 0 fully saturated rings. The van der Waals surface area contributed by atoms with Crippen LogP contribution in [-0.4, -0.2) is 44.0 Å². The Balaban J connectivity index is -0.000000298. The summed E-state index contributed by atoms with van der Waals surface area (Å²) in [4.78, 5) is 37.7. The summed E-state index contributed by atoms with van der Waals surface area (Å²) in [7, 11) is 0. The van der Waals surface area contributed by atoms with Gasteiger partial charge < -0.3 is 119 Å². The van der Waals surface area contributed by atoms with E-state index in [0.717, 1.165) is 25.7 Å². The molecule has 17 heteroatoms.